The van der Waals surface area contributed by atoms with Crippen molar-refractivity contribution in [2.24, 2.45) is 0 Å². The summed E-state index contributed by atoms with van der Waals surface area (Å²) in [7, 11) is -3.78. The molecule has 3 heterocycles. The van der Waals surface area contributed by atoms with Crippen molar-refractivity contribution in [2.45, 2.75) is 13.0 Å². The Morgan fingerprint density at radius 1 is 1.25 bits per heavy atom. The lowest BCUT2D eigenvalue weighted by Crippen LogP contribution is -2.26. The van der Waals surface area contributed by atoms with Crippen LogP contribution in [0.1, 0.15) is 11.1 Å². The van der Waals surface area contributed by atoms with Gasteiger partial charge in [0.25, 0.3) is 10.0 Å². The van der Waals surface area contributed by atoms with E-state index in [2.05, 4.69) is 15.5 Å². The van der Waals surface area contributed by atoms with E-state index in [9.17, 15) is 8.42 Å². The predicted molar refractivity (Wildman–Crippen MR) is 90.6 cm³/mol. The topological polar surface area (TPSA) is 82.7 Å². The van der Waals surface area contributed by atoms with Gasteiger partial charge in [0.15, 0.2) is 0 Å². The first-order valence-electron chi connectivity index (χ1n) is 7.40. The summed E-state index contributed by atoms with van der Waals surface area (Å²) in [6.07, 6.45) is 5.24. The van der Waals surface area contributed by atoms with E-state index in [1.54, 1.807) is 6.07 Å². The zero-order chi connectivity index (χ0) is 16.7. The highest BCUT2D eigenvalue weighted by Gasteiger charge is 2.33. The zero-order valence-corrected chi connectivity index (χ0v) is 14.1. The Morgan fingerprint density at radius 2 is 2.12 bits per heavy atom. The van der Waals surface area contributed by atoms with Gasteiger partial charge in [-0.05, 0) is 48.4 Å². The van der Waals surface area contributed by atoms with E-state index in [4.69, 9.17) is 16.5 Å². The normalized spacial score (nSPS) is 19.5. The molecule has 24 heavy (non-hydrogen) atoms. The molecule has 0 radical (unpaired) electrons. The molecule has 0 saturated heterocycles. The molecule has 9 heteroatoms. The van der Waals surface area contributed by atoms with Crippen molar-refractivity contribution in [3.8, 4) is 0 Å². The third-order valence-electron chi connectivity index (χ3n) is 4.01. The number of hydroxylamine groups is 3. The number of nitrogens with zero attached hydrogens (tertiary/aromatic N) is 1. The number of halogens is 1. The summed E-state index contributed by atoms with van der Waals surface area (Å²) in [5.41, 5.74) is 5.72. The van der Waals surface area contributed by atoms with Crippen LogP contribution < -0.4 is 15.5 Å². The summed E-state index contributed by atoms with van der Waals surface area (Å²) in [6.45, 7) is 1.70. The molecule has 0 fully saturated rings. The van der Waals surface area contributed by atoms with Gasteiger partial charge in [-0.25, -0.2) is 13.9 Å². The van der Waals surface area contributed by atoms with Gasteiger partial charge in [-0.1, -0.05) is 17.7 Å². The molecule has 7 nitrogen and oxygen atoms in total. The van der Waals surface area contributed by atoms with E-state index in [0.717, 1.165) is 25.1 Å². The Bertz CT molecular complexity index is 892. The van der Waals surface area contributed by atoms with Gasteiger partial charge in [0, 0.05) is 12.2 Å². The van der Waals surface area contributed by atoms with Crippen LogP contribution in [0.15, 0.2) is 52.3 Å². The second-order valence-electron chi connectivity index (χ2n) is 5.57. The van der Waals surface area contributed by atoms with Gasteiger partial charge in [0.05, 0.1) is 6.20 Å². The number of hydrogen-bond donors (Lipinski definition) is 3. The Kier molecular flexibility index (Phi) is 3.76. The lowest BCUT2D eigenvalue weighted by molar-refractivity contribution is -0.117. The van der Waals surface area contributed by atoms with E-state index < -0.39 is 10.0 Å². The van der Waals surface area contributed by atoms with E-state index >= 15 is 0 Å². The number of fused-ring (bicyclic) bond motifs is 2. The maximum atomic E-state index is 12.8. The first-order valence-corrected chi connectivity index (χ1v) is 9.27. The smallest absolute Gasteiger partial charge is 0.264 e. The molecular formula is C15H15ClN4O3S. The SMILES string of the molecule is O=S(=O)(Nc1ccc2c(c1)CCNC2)C1=CC=C(Cl)N2ONC=C12. The van der Waals surface area contributed by atoms with Gasteiger partial charge >= 0.3 is 0 Å². The van der Waals surface area contributed by atoms with Crippen molar-refractivity contribution in [2.75, 3.05) is 11.3 Å². The number of allylic oxidation sites excluding steroid dienone is 2. The standard InChI is InChI=1S/C15H15ClN4O3S/c16-15-4-3-14(13-9-18-23-20(13)15)24(21,22)19-12-2-1-11-8-17-6-5-10(11)7-12/h1-4,7,9,17-19H,5-6,8H2. The molecule has 0 spiro atoms. The minimum Gasteiger partial charge on any atom is -0.312 e. The van der Waals surface area contributed by atoms with E-state index in [0.29, 0.717) is 11.4 Å². The van der Waals surface area contributed by atoms with Gasteiger partial charge in [-0.2, -0.15) is 10.0 Å². The summed E-state index contributed by atoms with van der Waals surface area (Å²) in [6, 6.07) is 5.60. The van der Waals surface area contributed by atoms with Gasteiger partial charge in [0.2, 0.25) is 0 Å². The fourth-order valence-electron chi connectivity index (χ4n) is 2.85. The van der Waals surface area contributed by atoms with Gasteiger partial charge in [-0.15, -0.1) is 0 Å². The van der Waals surface area contributed by atoms with Crippen molar-refractivity contribution in [3.05, 3.63) is 63.4 Å². The fraction of sp³-hybridized carbons (Fsp3) is 0.200. The Balaban J connectivity index is 1.64. The number of sulfonamides is 1. The van der Waals surface area contributed by atoms with Crippen LogP contribution >= 0.6 is 11.6 Å². The Hall–Kier alpha value is -2.00. The fourth-order valence-corrected chi connectivity index (χ4v) is 4.25. The average Bonchev–Trinajstić information content (AvgIpc) is 3.05. The summed E-state index contributed by atoms with van der Waals surface area (Å²) >= 11 is 5.99. The molecule has 0 atom stereocenters. The lowest BCUT2D eigenvalue weighted by atomic mass is 10.0. The third-order valence-corrected chi connectivity index (χ3v) is 5.72. The van der Waals surface area contributed by atoms with Crippen LogP contribution in [0, 0.1) is 0 Å². The molecule has 3 aliphatic rings. The van der Waals surface area contributed by atoms with Crippen LogP contribution in [-0.2, 0) is 27.9 Å². The van der Waals surface area contributed by atoms with Crippen molar-refractivity contribution in [1.82, 2.24) is 15.9 Å². The molecule has 0 aromatic heterocycles. The average molecular weight is 367 g/mol. The van der Waals surface area contributed by atoms with Crippen molar-refractivity contribution in [1.29, 1.82) is 0 Å². The van der Waals surface area contributed by atoms with Crippen molar-refractivity contribution < 1.29 is 13.4 Å². The van der Waals surface area contributed by atoms with Crippen LogP contribution in [0.25, 0.3) is 0 Å². The molecule has 3 aliphatic heterocycles. The third kappa shape index (κ3) is 2.67. The lowest BCUT2D eigenvalue weighted by Gasteiger charge is -2.23. The van der Waals surface area contributed by atoms with Gasteiger partial charge in [0.1, 0.15) is 15.8 Å². The van der Waals surface area contributed by atoms with Crippen LogP contribution in [0.2, 0.25) is 0 Å². The van der Waals surface area contributed by atoms with E-state index in [1.807, 2.05) is 12.1 Å². The van der Waals surface area contributed by atoms with Crippen LogP contribution in [0.5, 0.6) is 0 Å². The summed E-state index contributed by atoms with van der Waals surface area (Å²) in [5.74, 6) is 0. The predicted octanol–water partition coefficient (Wildman–Crippen LogP) is 1.64. The summed E-state index contributed by atoms with van der Waals surface area (Å²) in [5, 5.41) is 4.78. The minimum absolute atomic E-state index is 0.0799. The highest BCUT2D eigenvalue weighted by molar-refractivity contribution is 7.96. The Morgan fingerprint density at radius 3 is 3.00 bits per heavy atom. The number of hydrogen-bond acceptors (Lipinski definition) is 6. The second kappa shape index (κ2) is 5.82. The summed E-state index contributed by atoms with van der Waals surface area (Å²) in [4.78, 5) is 5.15. The first kappa shape index (κ1) is 15.5. The molecule has 4 rings (SSSR count). The Labute approximate surface area is 144 Å². The molecule has 0 bridgehead atoms. The maximum Gasteiger partial charge on any atom is 0.264 e. The van der Waals surface area contributed by atoms with Crippen molar-refractivity contribution in [3.63, 3.8) is 0 Å². The highest BCUT2D eigenvalue weighted by Crippen LogP contribution is 2.33. The number of nitrogens with one attached hydrogen (secondary N) is 3. The molecule has 1 aromatic rings. The second-order valence-corrected chi connectivity index (χ2v) is 7.61. The van der Waals surface area contributed by atoms with Gasteiger partial charge < -0.3 is 5.32 Å². The molecular weight excluding hydrogens is 352 g/mol. The molecule has 1 aromatic carbocycles. The van der Waals surface area contributed by atoms with Crippen LogP contribution in [0.3, 0.4) is 0 Å². The quantitative estimate of drug-likeness (QED) is 0.705. The highest BCUT2D eigenvalue weighted by atomic mass is 35.5. The maximum absolute atomic E-state index is 12.8. The molecule has 126 valence electrons. The monoisotopic (exact) mass is 366 g/mol. The van der Waals surface area contributed by atoms with E-state index in [1.165, 1.54) is 29.0 Å². The molecule has 0 saturated carbocycles. The van der Waals surface area contributed by atoms with Gasteiger partial charge in [-0.3, -0.25) is 4.72 Å². The largest absolute Gasteiger partial charge is 0.312 e. The number of anilines is 1. The van der Waals surface area contributed by atoms with E-state index in [-0.39, 0.29) is 10.1 Å². The van der Waals surface area contributed by atoms with Crippen LogP contribution in [0.4, 0.5) is 5.69 Å². The van der Waals surface area contributed by atoms with Crippen LogP contribution in [-0.4, -0.2) is 20.0 Å². The first-order chi connectivity index (χ1) is 11.5. The minimum atomic E-state index is -3.78. The number of benzene rings is 1. The zero-order valence-electron chi connectivity index (χ0n) is 12.5. The molecule has 0 amide bonds. The molecule has 0 aliphatic carbocycles. The molecule has 3 N–H and O–H groups in total. The molecule has 0 unspecified atom stereocenters. The summed E-state index contributed by atoms with van der Waals surface area (Å²) < 4.78 is 28.1. The van der Waals surface area contributed by atoms with Crippen molar-refractivity contribution >= 4 is 27.3 Å². The number of rotatable bonds is 3.